The summed E-state index contributed by atoms with van der Waals surface area (Å²) in [5.41, 5.74) is 1.79. The second kappa shape index (κ2) is 7.55. The quantitative estimate of drug-likeness (QED) is 0.903. The van der Waals surface area contributed by atoms with Gasteiger partial charge in [0.15, 0.2) is 0 Å². The molecule has 1 N–H and O–H groups in total. The fraction of sp³-hybridized carbons (Fsp3) is 0.476. The number of hydrogen-bond donors (Lipinski definition) is 1. The molecule has 1 amide bonds. The first-order valence-electron chi connectivity index (χ1n) is 9.73. The van der Waals surface area contributed by atoms with Crippen LogP contribution in [0.2, 0.25) is 0 Å². The average Bonchev–Trinajstić information content (AvgIpc) is 2.72. The van der Waals surface area contributed by atoms with E-state index in [4.69, 9.17) is 4.74 Å². The standard InChI is InChI=1S/C21H25N3O3/c1-2-19-22-17(11-20(25)23-19)15-7-5-9-24(12-15)21(26)16-10-14-6-3-4-8-18(14)27-13-16/h3-4,6,8,11,15-16H,2,5,7,9-10,12-13H2,1H3,(H,22,23,25)/t15-,16-/m1/s1. The smallest absolute Gasteiger partial charge is 0.251 e. The number of nitrogens with one attached hydrogen (secondary N) is 1. The summed E-state index contributed by atoms with van der Waals surface area (Å²) in [6.07, 6.45) is 3.29. The molecule has 0 aliphatic carbocycles. The normalized spacial score (nSPS) is 22.0. The van der Waals surface area contributed by atoms with Crippen LogP contribution in [0.5, 0.6) is 5.75 Å². The van der Waals surface area contributed by atoms with Gasteiger partial charge < -0.3 is 14.6 Å². The van der Waals surface area contributed by atoms with E-state index in [9.17, 15) is 9.59 Å². The first kappa shape index (κ1) is 17.8. The Morgan fingerprint density at radius 1 is 1.37 bits per heavy atom. The highest BCUT2D eigenvalue weighted by Gasteiger charge is 2.33. The molecule has 6 nitrogen and oxygen atoms in total. The monoisotopic (exact) mass is 367 g/mol. The maximum absolute atomic E-state index is 13.1. The fourth-order valence-electron chi connectivity index (χ4n) is 4.07. The second-order valence-electron chi connectivity index (χ2n) is 7.41. The summed E-state index contributed by atoms with van der Waals surface area (Å²) in [5.74, 6) is 1.72. The van der Waals surface area contributed by atoms with Crippen LogP contribution in [0.3, 0.4) is 0 Å². The van der Waals surface area contributed by atoms with Crippen molar-refractivity contribution >= 4 is 5.91 Å². The lowest BCUT2D eigenvalue weighted by Crippen LogP contribution is -2.45. The molecule has 142 valence electrons. The highest BCUT2D eigenvalue weighted by molar-refractivity contribution is 5.80. The highest BCUT2D eigenvalue weighted by atomic mass is 16.5. The van der Waals surface area contributed by atoms with Gasteiger partial charge in [-0.05, 0) is 30.9 Å². The zero-order valence-corrected chi connectivity index (χ0v) is 15.6. The summed E-state index contributed by atoms with van der Waals surface area (Å²) >= 11 is 0. The van der Waals surface area contributed by atoms with Crippen molar-refractivity contribution in [2.75, 3.05) is 19.7 Å². The van der Waals surface area contributed by atoms with Gasteiger partial charge in [-0.2, -0.15) is 0 Å². The zero-order valence-electron chi connectivity index (χ0n) is 15.6. The van der Waals surface area contributed by atoms with Crippen LogP contribution in [0.4, 0.5) is 0 Å². The average molecular weight is 367 g/mol. The minimum atomic E-state index is -0.142. The van der Waals surface area contributed by atoms with Crippen LogP contribution in [0.1, 0.15) is 42.8 Å². The molecule has 0 saturated carbocycles. The van der Waals surface area contributed by atoms with Crippen molar-refractivity contribution in [1.82, 2.24) is 14.9 Å². The van der Waals surface area contributed by atoms with Crippen LogP contribution in [0.15, 0.2) is 35.1 Å². The van der Waals surface area contributed by atoms with E-state index in [0.717, 1.165) is 42.8 Å². The maximum atomic E-state index is 13.1. The zero-order chi connectivity index (χ0) is 18.8. The number of H-pyrrole nitrogens is 1. The molecule has 0 spiro atoms. The van der Waals surface area contributed by atoms with Crippen molar-refractivity contribution in [3.63, 3.8) is 0 Å². The molecular formula is C21H25N3O3. The number of amides is 1. The van der Waals surface area contributed by atoms with Gasteiger partial charge in [-0.3, -0.25) is 9.59 Å². The Morgan fingerprint density at radius 3 is 3.07 bits per heavy atom. The van der Waals surface area contributed by atoms with Gasteiger partial charge in [0.1, 0.15) is 18.2 Å². The van der Waals surface area contributed by atoms with Gasteiger partial charge in [0.05, 0.1) is 11.6 Å². The number of carbonyl (C=O) groups excluding carboxylic acids is 1. The molecule has 2 atom stereocenters. The van der Waals surface area contributed by atoms with Crippen LogP contribution >= 0.6 is 0 Å². The van der Waals surface area contributed by atoms with Crippen LogP contribution in [-0.2, 0) is 17.6 Å². The van der Waals surface area contributed by atoms with Crippen molar-refractivity contribution in [3.05, 3.63) is 57.8 Å². The number of nitrogens with zero attached hydrogens (tertiary/aromatic N) is 2. The summed E-state index contributed by atoms with van der Waals surface area (Å²) in [6, 6.07) is 9.50. The molecule has 1 aromatic carbocycles. The molecule has 0 radical (unpaired) electrons. The Hall–Kier alpha value is -2.63. The van der Waals surface area contributed by atoms with Gasteiger partial charge in [-0.15, -0.1) is 0 Å². The van der Waals surface area contributed by atoms with Gasteiger partial charge in [-0.1, -0.05) is 25.1 Å². The lowest BCUT2D eigenvalue weighted by atomic mass is 9.91. The van der Waals surface area contributed by atoms with Crippen LogP contribution in [-0.4, -0.2) is 40.5 Å². The van der Waals surface area contributed by atoms with Crippen molar-refractivity contribution in [3.8, 4) is 5.75 Å². The molecule has 1 saturated heterocycles. The van der Waals surface area contributed by atoms with Crippen LogP contribution in [0.25, 0.3) is 0 Å². The minimum Gasteiger partial charge on any atom is -0.492 e. The maximum Gasteiger partial charge on any atom is 0.251 e. The summed E-state index contributed by atoms with van der Waals surface area (Å²) < 4.78 is 5.80. The number of para-hydroxylation sites is 1. The Kier molecular flexibility index (Phi) is 4.97. The molecule has 1 fully saturated rings. The third-order valence-electron chi connectivity index (χ3n) is 5.52. The number of ether oxygens (including phenoxy) is 1. The molecular weight excluding hydrogens is 342 g/mol. The molecule has 2 aromatic rings. The van der Waals surface area contributed by atoms with E-state index >= 15 is 0 Å². The van der Waals surface area contributed by atoms with Crippen molar-refractivity contribution < 1.29 is 9.53 Å². The van der Waals surface area contributed by atoms with Crippen molar-refractivity contribution in [1.29, 1.82) is 0 Å². The molecule has 3 heterocycles. The SMILES string of the molecule is CCc1nc([C@@H]2CCCN(C(=O)[C@H]3COc4ccccc4C3)C2)cc(=O)[nH]1. The first-order chi connectivity index (χ1) is 13.1. The molecule has 6 heteroatoms. The number of likely N-dealkylation sites (tertiary alicyclic amines) is 1. The topological polar surface area (TPSA) is 75.3 Å². The summed E-state index contributed by atoms with van der Waals surface area (Å²) in [5, 5.41) is 0. The number of hydrogen-bond acceptors (Lipinski definition) is 4. The van der Waals surface area contributed by atoms with Gasteiger partial charge in [0, 0.05) is 31.5 Å². The fourth-order valence-corrected chi connectivity index (χ4v) is 4.07. The van der Waals surface area contributed by atoms with Gasteiger partial charge >= 0.3 is 0 Å². The number of piperidine rings is 1. The lowest BCUT2D eigenvalue weighted by molar-refractivity contribution is -0.138. The molecule has 1 aromatic heterocycles. The molecule has 0 bridgehead atoms. The van der Waals surface area contributed by atoms with E-state index in [1.165, 1.54) is 0 Å². The number of carbonyl (C=O) groups is 1. The number of fused-ring (bicyclic) bond motifs is 1. The van der Waals surface area contributed by atoms with Gasteiger partial charge in [0.25, 0.3) is 5.56 Å². The highest BCUT2D eigenvalue weighted by Crippen LogP contribution is 2.30. The van der Waals surface area contributed by atoms with Crippen molar-refractivity contribution in [2.24, 2.45) is 5.92 Å². The number of aromatic nitrogens is 2. The van der Waals surface area contributed by atoms with Crippen LogP contribution < -0.4 is 10.3 Å². The largest absolute Gasteiger partial charge is 0.492 e. The summed E-state index contributed by atoms with van der Waals surface area (Å²) in [4.78, 5) is 34.3. The third-order valence-corrected chi connectivity index (χ3v) is 5.52. The predicted octanol–water partition coefficient (Wildman–Crippen LogP) is 2.29. The van der Waals surface area contributed by atoms with Crippen LogP contribution in [0, 0.1) is 5.92 Å². The van der Waals surface area contributed by atoms with Gasteiger partial charge in [-0.25, -0.2) is 4.98 Å². The molecule has 2 aliphatic heterocycles. The summed E-state index contributed by atoms with van der Waals surface area (Å²) in [7, 11) is 0. The second-order valence-corrected chi connectivity index (χ2v) is 7.41. The van der Waals surface area contributed by atoms with E-state index in [0.29, 0.717) is 25.4 Å². The minimum absolute atomic E-state index is 0.113. The Bertz CT molecular complexity index is 892. The third kappa shape index (κ3) is 3.75. The first-order valence-corrected chi connectivity index (χ1v) is 9.73. The Balaban J connectivity index is 1.48. The van der Waals surface area contributed by atoms with E-state index in [1.807, 2.05) is 36.1 Å². The number of rotatable bonds is 3. The van der Waals surface area contributed by atoms with E-state index in [1.54, 1.807) is 6.07 Å². The Labute approximate surface area is 158 Å². The Morgan fingerprint density at radius 2 is 2.22 bits per heavy atom. The lowest BCUT2D eigenvalue weighted by Gasteiger charge is -2.36. The van der Waals surface area contributed by atoms with E-state index in [2.05, 4.69) is 9.97 Å². The predicted molar refractivity (Wildman–Crippen MR) is 102 cm³/mol. The van der Waals surface area contributed by atoms with E-state index < -0.39 is 0 Å². The molecule has 4 rings (SSSR count). The van der Waals surface area contributed by atoms with Gasteiger partial charge in [0.2, 0.25) is 5.91 Å². The molecule has 0 unspecified atom stereocenters. The molecule has 2 aliphatic rings. The number of aromatic amines is 1. The summed E-state index contributed by atoms with van der Waals surface area (Å²) in [6.45, 7) is 3.79. The number of aryl methyl sites for hydroxylation is 1. The molecule has 27 heavy (non-hydrogen) atoms. The number of benzene rings is 1. The van der Waals surface area contributed by atoms with Crippen molar-refractivity contribution in [2.45, 2.75) is 38.5 Å². The van der Waals surface area contributed by atoms with E-state index in [-0.39, 0.29) is 23.3 Å².